The first-order valence-corrected chi connectivity index (χ1v) is 20.2. The maximum absolute atomic E-state index is 14.7. The molecule has 3 N–H and O–H groups in total. The van der Waals surface area contributed by atoms with Crippen LogP contribution in [0.3, 0.4) is 0 Å². The number of anilines is 2. The van der Waals surface area contributed by atoms with Crippen LogP contribution in [-0.4, -0.2) is 65.6 Å². The molecule has 0 bridgehead atoms. The van der Waals surface area contributed by atoms with Crippen LogP contribution in [0.15, 0.2) is 109 Å². The summed E-state index contributed by atoms with van der Waals surface area (Å²) in [4.78, 5) is 45.8. The molecule has 0 saturated carbocycles. The van der Waals surface area contributed by atoms with E-state index in [1.165, 1.54) is 0 Å². The molecule has 3 atom stereocenters. The van der Waals surface area contributed by atoms with Gasteiger partial charge in [-0.15, -0.1) is 23.2 Å². The van der Waals surface area contributed by atoms with Gasteiger partial charge in [0.15, 0.2) is 0 Å². The quantitative estimate of drug-likeness (QED) is 0.126. The minimum atomic E-state index is -1.17. The van der Waals surface area contributed by atoms with Crippen LogP contribution in [0.1, 0.15) is 52.8 Å². The Hall–Kier alpha value is -5.77. The van der Waals surface area contributed by atoms with Gasteiger partial charge in [-0.3, -0.25) is 9.59 Å². The molecule has 11 heteroatoms. The molecule has 0 spiro atoms. The van der Waals surface area contributed by atoms with Crippen LogP contribution in [0.25, 0.3) is 32.7 Å². The number of nitrogens with zero attached hydrogens (tertiary/aromatic N) is 2. The number of alkyl carbamates (subject to hydrolysis) is 1. The van der Waals surface area contributed by atoms with Gasteiger partial charge in [0.05, 0.1) is 11.4 Å². The van der Waals surface area contributed by atoms with Gasteiger partial charge < -0.3 is 30.1 Å². The molecule has 9 rings (SSSR count). The Balaban J connectivity index is 1.00. The Morgan fingerprint density at radius 2 is 1.16 bits per heavy atom. The van der Waals surface area contributed by atoms with Crippen LogP contribution in [0, 0.1) is 0 Å². The second-order valence-corrected chi connectivity index (χ2v) is 15.6. The number of hydrogen-bond acceptors (Lipinski definition) is 6. The summed E-state index contributed by atoms with van der Waals surface area (Å²) in [6.45, 7) is 0.584. The van der Waals surface area contributed by atoms with Gasteiger partial charge in [0.1, 0.15) is 24.1 Å². The number of benzene rings is 6. The molecule has 0 fully saturated rings. The van der Waals surface area contributed by atoms with Crippen molar-refractivity contribution in [2.75, 3.05) is 41.3 Å². The van der Waals surface area contributed by atoms with Gasteiger partial charge >= 0.3 is 6.09 Å². The molecule has 2 heterocycles. The lowest BCUT2D eigenvalue weighted by atomic mass is 9.95. The summed E-state index contributed by atoms with van der Waals surface area (Å²) in [6, 6.07) is 33.0. The number of nitrogens with one attached hydrogen (secondary N) is 1. The molecule has 6 aromatic carbocycles. The minimum absolute atomic E-state index is 0.0194. The number of fused-ring (bicyclic) bond motifs is 9. The molecule has 3 aliphatic rings. The van der Waals surface area contributed by atoms with Gasteiger partial charge in [-0.25, -0.2) is 4.79 Å². The average molecular weight is 801 g/mol. The Morgan fingerprint density at radius 3 is 1.70 bits per heavy atom. The van der Waals surface area contributed by atoms with Crippen LogP contribution in [0.5, 0.6) is 11.5 Å². The number of amides is 3. The molecule has 3 amide bonds. The maximum Gasteiger partial charge on any atom is 0.407 e. The zero-order valence-corrected chi connectivity index (χ0v) is 32.3. The lowest BCUT2D eigenvalue weighted by molar-refractivity contribution is -0.121. The summed E-state index contributed by atoms with van der Waals surface area (Å²) in [5.41, 5.74) is 7.11. The Kier molecular flexibility index (Phi) is 9.67. The van der Waals surface area contributed by atoms with Crippen LogP contribution in [0.2, 0.25) is 0 Å². The van der Waals surface area contributed by atoms with Crippen LogP contribution in [0.4, 0.5) is 16.2 Å². The number of phenols is 2. The number of carbonyl (C=O) groups is 3. The third-order valence-corrected chi connectivity index (χ3v) is 12.6. The smallest absolute Gasteiger partial charge is 0.407 e. The Labute approximate surface area is 339 Å². The number of rotatable bonds is 9. The number of carbonyl (C=O) groups excluding carboxylic acids is 3. The summed E-state index contributed by atoms with van der Waals surface area (Å²) < 4.78 is 5.89. The molecule has 0 saturated heterocycles. The van der Waals surface area contributed by atoms with E-state index in [1.54, 1.807) is 21.9 Å². The highest BCUT2D eigenvalue weighted by Gasteiger charge is 2.40. The van der Waals surface area contributed by atoms with E-state index in [-0.39, 0.29) is 72.9 Å². The van der Waals surface area contributed by atoms with Crippen LogP contribution < -0.4 is 15.1 Å². The van der Waals surface area contributed by atoms with Crippen LogP contribution in [-0.2, 0) is 14.3 Å². The lowest BCUT2D eigenvalue weighted by Crippen LogP contribution is -2.49. The fourth-order valence-electron chi connectivity index (χ4n) is 9.18. The SMILES string of the molecule is O=C(NC(CCC(=O)N1C[C@@H](CCl)c2c1cc(O)c1ccccc21)C(=O)N1C[C@@H](CCl)c2c1cc(O)c1ccccc21)OCC1c2ccccc2-c2ccccc21. The maximum atomic E-state index is 14.7. The molecule has 0 radical (unpaired) electrons. The van der Waals surface area contributed by atoms with E-state index in [1.807, 2.05) is 84.9 Å². The van der Waals surface area contributed by atoms with Crippen molar-refractivity contribution < 1.29 is 29.3 Å². The molecule has 9 nitrogen and oxygen atoms in total. The van der Waals surface area contributed by atoms with E-state index < -0.39 is 18.0 Å². The number of hydrogen-bond donors (Lipinski definition) is 3. The van der Waals surface area contributed by atoms with Crippen molar-refractivity contribution in [2.24, 2.45) is 0 Å². The predicted octanol–water partition coefficient (Wildman–Crippen LogP) is 9.13. The predicted molar refractivity (Wildman–Crippen MR) is 224 cm³/mol. The summed E-state index contributed by atoms with van der Waals surface area (Å²) in [6.07, 6.45) is -0.942. The second kappa shape index (κ2) is 15.0. The fraction of sp³-hybridized carbons (Fsp3) is 0.239. The van der Waals surface area contributed by atoms with E-state index in [2.05, 4.69) is 17.4 Å². The first-order chi connectivity index (χ1) is 27.8. The van der Waals surface area contributed by atoms with Crippen LogP contribution >= 0.6 is 23.2 Å². The van der Waals surface area contributed by atoms with E-state index in [9.17, 15) is 24.6 Å². The first kappa shape index (κ1) is 36.8. The standard InChI is InChI=1S/C46H39Cl2N3O6/c47-21-26-23-50(38-19-40(52)32-13-5-7-15-34(32)43(26)38)42(54)18-17-37(45(55)51-24-27(22-48)44-35-16-8-6-14-33(35)41(53)20-39(44)51)49-46(56)57-25-36-30-11-3-1-9-28(30)29-10-2-4-12-31(29)36/h1-16,19-20,26-27,36-37,52-53H,17-18,21-25H2,(H,49,56)/t26-,27-,37?/m1/s1. The monoisotopic (exact) mass is 799 g/mol. The zero-order chi connectivity index (χ0) is 39.4. The van der Waals surface area contributed by atoms with Gasteiger partial charge in [-0.2, -0.15) is 0 Å². The highest BCUT2D eigenvalue weighted by atomic mass is 35.5. The molecular weight excluding hydrogens is 761 g/mol. The van der Waals surface area contributed by atoms with Gasteiger partial charge in [0.25, 0.3) is 0 Å². The first-order valence-electron chi connectivity index (χ1n) is 19.1. The lowest BCUT2D eigenvalue weighted by Gasteiger charge is -2.26. The van der Waals surface area contributed by atoms with E-state index in [0.717, 1.165) is 44.2 Å². The van der Waals surface area contributed by atoms with Crippen molar-refractivity contribution >= 4 is 74.0 Å². The van der Waals surface area contributed by atoms with E-state index >= 15 is 0 Å². The highest BCUT2D eigenvalue weighted by Crippen LogP contribution is 2.48. The second-order valence-electron chi connectivity index (χ2n) is 15.0. The van der Waals surface area contributed by atoms with Gasteiger partial charge in [-0.05, 0) is 50.6 Å². The van der Waals surface area contributed by atoms with Crippen molar-refractivity contribution in [1.29, 1.82) is 0 Å². The third-order valence-electron chi connectivity index (χ3n) is 11.8. The van der Waals surface area contributed by atoms with Crippen molar-refractivity contribution in [3.8, 4) is 22.6 Å². The molecule has 0 aromatic heterocycles. The van der Waals surface area contributed by atoms with Gasteiger partial charge in [0, 0.05) is 71.9 Å². The summed E-state index contributed by atoms with van der Waals surface area (Å²) in [7, 11) is 0. The minimum Gasteiger partial charge on any atom is -0.507 e. The van der Waals surface area contributed by atoms with Gasteiger partial charge in [-0.1, -0.05) is 97.1 Å². The zero-order valence-electron chi connectivity index (χ0n) is 30.8. The third kappa shape index (κ3) is 6.30. The number of aromatic hydroxyl groups is 2. The van der Waals surface area contributed by atoms with Crippen molar-refractivity contribution in [1.82, 2.24) is 5.32 Å². The summed E-state index contributed by atoms with van der Waals surface area (Å²) >= 11 is 13.0. The molecule has 1 aliphatic carbocycles. The summed E-state index contributed by atoms with van der Waals surface area (Å²) in [5, 5.41) is 27.8. The van der Waals surface area contributed by atoms with Crippen molar-refractivity contribution in [3.05, 3.63) is 131 Å². The summed E-state index contributed by atoms with van der Waals surface area (Å²) in [5.74, 6) is -0.751. The number of alkyl halides is 2. The normalized spacial score (nSPS) is 17.3. The van der Waals surface area contributed by atoms with E-state index in [4.69, 9.17) is 27.9 Å². The molecule has 6 aromatic rings. The molecular formula is C46H39Cl2N3O6. The average Bonchev–Trinajstić information content (AvgIpc) is 3.91. The highest BCUT2D eigenvalue weighted by molar-refractivity contribution is 6.19. The number of phenolic OH excluding ortho intramolecular Hbond substituents is 2. The number of ether oxygens (including phenoxy) is 1. The van der Waals surface area contributed by atoms with Crippen molar-refractivity contribution in [2.45, 2.75) is 36.6 Å². The molecule has 2 aliphatic heterocycles. The van der Waals surface area contributed by atoms with E-state index in [0.29, 0.717) is 28.7 Å². The number of halogens is 2. The van der Waals surface area contributed by atoms with Gasteiger partial charge in [0.2, 0.25) is 11.8 Å². The largest absolute Gasteiger partial charge is 0.507 e. The molecule has 288 valence electrons. The Morgan fingerprint density at radius 1 is 0.684 bits per heavy atom. The van der Waals surface area contributed by atoms with Crippen molar-refractivity contribution in [3.63, 3.8) is 0 Å². The molecule has 1 unspecified atom stereocenters. The molecule has 57 heavy (non-hydrogen) atoms. The Bertz CT molecular complexity index is 2550. The topological polar surface area (TPSA) is 119 Å². The fourth-order valence-corrected chi connectivity index (χ4v) is 9.68.